The number of hydrogen-bond donors (Lipinski definition) is 3. The maximum absolute atomic E-state index is 13.9. The lowest BCUT2D eigenvalue weighted by atomic mass is 10.2. The van der Waals surface area contributed by atoms with Gasteiger partial charge >= 0.3 is 0 Å². The number of hydrogen-bond acceptors (Lipinski definition) is 7. The van der Waals surface area contributed by atoms with Crippen molar-refractivity contribution in [3.8, 4) is 0 Å². The molecule has 1 atom stereocenters. The highest BCUT2D eigenvalue weighted by atomic mass is 19.1. The number of para-hydroxylation sites is 2. The van der Waals surface area contributed by atoms with E-state index in [1.807, 2.05) is 0 Å². The number of aliphatic imine (C=N–C) groups is 1. The van der Waals surface area contributed by atoms with Crippen LogP contribution in [-0.4, -0.2) is 22.3 Å². The van der Waals surface area contributed by atoms with Crippen LogP contribution >= 0.6 is 0 Å². The number of benzene rings is 2. The van der Waals surface area contributed by atoms with E-state index in [1.165, 1.54) is 12.1 Å². The van der Waals surface area contributed by atoms with Crippen LogP contribution < -0.4 is 16.0 Å². The van der Waals surface area contributed by atoms with Gasteiger partial charge in [0.05, 0.1) is 11.4 Å². The molecule has 1 aliphatic rings. The summed E-state index contributed by atoms with van der Waals surface area (Å²) in [6, 6.07) is 12.3. The number of rotatable bonds is 3. The molecule has 7 nitrogen and oxygen atoms in total. The van der Waals surface area contributed by atoms with Crippen molar-refractivity contribution < 1.29 is 13.4 Å². The fourth-order valence-electron chi connectivity index (χ4n) is 2.37. The zero-order chi connectivity index (χ0) is 17.2. The Bertz CT molecular complexity index is 942. The normalized spacial score (nSPS) is 15.8. The van der Waals surface area contributed by atoms with E-state index in [1.54, 1.807) is 36.4 Å². The van der Waals surface area contributed by atoms with E-state index in [0.29, 0.717) is 5.82 Å². The Morgan fingerprint density at radius 2 is 1.60 bits per heavy atom. The van der Waals surface area contributed by atoms with Crippen LogP contribution in [0, 0.1) is 11.6 Å². The van der Waals surface area contributed by atoms with E-state index in [-0.39, 0.29) is 23.0 Å². The minimum atomic E-state index is -0.698. The van der Waals surface area contributed by atoms with Gasteiger partial charge in [0, 0.05) is 0 Å². The number of nitrogens with zero attached hydrogens (tertiary/aromatic N) is 3. The molecule has 0 aliphatic carbocycles. The van der Waals surface area contributed by atoms with Gasteiger partial charge in [0.15, 0.2) is 12.0 Å². The summed E-state index contributed by atoms with van der Waals surface area (Å²) in [5.41, 5.74) is 0.478. The standard InChI is InChI=1S/C16H12F2N6O/c17-9-5-1-3-7-11(9)19-13-14(20-12-8-4-2-6-10(12)18)22-16-15(21-13)23-25-24-16/h1-8,13,19H,(H,21,23)(H,20,22,24). The molecule has 0 saturated heterocycles. The van der Waals surface area contributed by atoms with Crippen molar-refractivity contribution in [3.63, 3.8) is 0 Å². The van der Waals surface area contributed by atoms with E-state index >= 15 is 0 Å². The lowest BCUT2D eigenvalue weighted by Gasteiger charge is -2.26. The lowest BCUT2D eigenvalue weighted by Crippen LogP contribution is -2.43. The van der Waals surface area contributed by atoms with Gasteiger partial charge in [0.1, 0.15) is 11.6 Å². The molecule has 0 saturated carbocycles. The highest BCUT2D eigenvalue weighted by Crippen LogP contribution is 2.27. The fraction of sp³-hybridized carbons (Fsp3) is 0.0625. The summed E-state index contributed by atoms with van der Waals surface area (Å²) in [4.78, 5) is 4.27. The molecular formula is C16H12F2N6O. The monoisotopic (exact) mass is 342 g/mol. The van der Waals surface area contributed by atoms with Crippen LogP contribution in [0.5, 0.6) is 0 Å². The Kier molecular flexibility index (Phi) is 3.73. The van der Waals surface area contributed by atoms with Crippen LogP contribution in [0.25, 0.3) is 0 Å². The molecule has 9 heteroatoms. The van der Waals surface area contributed by atoms with E-state index < -0.39 is 17.8 Å². The summed E-state index contributed by atoms with van der Waals surface area (Å²) in [6.45, 7) is 0. The molecule has 1 aliphatic heterocycles. The molecule has 3 aromatic rings. The number of anilines is 3. The van der Waals surface area contributed by atoms with Crippen molar-refractivity contribution >= 4 is 28.8 Å². The highest BCUT2D eigenvalue weighted by molar-refractivity contribution is 6.05. The van der Waals surface area contributed by atoms with Crippen LogP contribution in [0.3, 0.4) is 0 Å². The SMILES string of the molecule is Fc1ccccc1NC1=Nc2nonc2NC1Nc1ccccc1F. The summed E-state index contributed by atoms with van der Waals surface area (Å²) in [7, 11) is 0. The van der Waals surface area contributed by atoms with Crippen molar-refractivity contribution in [2.45, 2.75) is 6.17 Å². The summed E-state index contributed by atoms with van der Waals surface area (Å²) >= 11 is 0. The second kappa shape index (κ2) is 6.19. The van der Waals surface area contributed by atoms with E-state index in [9.17, 15) is 8.78 Å². The minimum absolute atomic E-state index is 0.213. The summed E-state index contributed by atoms with van der Waals surface area (Å²) < 4.78 is 32.5. The Morgan fingerprint density at radius 1 is 0.920 bits per heavy atom. The van der Waals surface area contributed by atoms with Crippen molar-refractivity contribution in [1.29, 1.82) is 0 Å². The minimum Gasteiger partial charge on any atom is -0.357 e. The highest BCUT2D eigenvalue weighted by Gasteiger charge is 2.27. The van der Waals surface area contributed by atoms with Crippen molar-refractivity contribution in [1.82, 2.24) is 10.3 Å². The molecule has 1 unspecified atom stereocenters. The zero-order valence-electron chi connectivity index (χ0n) is 12.7. The topological polar surface area (TPSA) is 87.4 Å². The number of amidine groups is 1. The smallest absolute Gasteiger partial charge is 0.242 e. The summed E-state index contributed by atoms with van der Waals surface area (Å²) in [5.74, 6) is -0.0765. The molecule has 0 amide bonds. The van der Waals surface area contributed by atoms with Gasteiger partial charge in [-0.25, -0.2) is 18.4 Å². The molecule has 0 fully saturated rings. The Morgan fingerprint density at radius 3 is 2.32 bits per heavy atom. The molecule has 3 N–H and O–H groups in total. The van der Waals surface area contributed by atoms with Gasteiger partial charge in [-0.15, -0.1) is 0 Å². The average Bonchev–Trinajstić information content (AvgIpc) is 3.06. The van der Waals surface area contributed by atoms with Crippen molar-refractivity contribution in [3.05, 3.63) is 60.2 Å². The third-order valence-corrected chi connectivity index (χ3v) is 3.56. The molecule has 0 spiro atoms. The van der Waals surface area contributed by atoms with Crippen molar-refractivity contribution in [2.75, 3.05) is 16.0 Å². The van der Waals surface area contributed by atoms with E-state index in [2.05, 4.69) is 35.9 Å². The molecule has 2 heterocycles. The quantitative estimate of drug-likeness (QED) is 0.677. The second-order valence-corrected chi connectivity index (χ2v) is 5.24. The molecule has 25 heavy (non-hydrogen) atoms. The maximum atomic E-state index is 13.9. The predicted molar refractivity (Wildman–Crippen MR) is 88.8 cm³/mol. The van der Waals surface area contributed by atoms with E-state index in [0.717, 1.165) is 0 Å². The molecule has 0 bridgehead atoms. The third-order valence-electron chi connectivity index (χ3n) is 3.56. The van der Waals surface area contributed by atoms with Gasteiger partial charge in [-0.2, -0.15) is 0 Å². The second-order valence-electron chi connectivity index (χ2n) is 5.24. The number of aromatic nitrogens is 2. The van der Waals surface area contributed by atoms with Crippen molar-refractivity contribution in [2.24, 2.45) is 4.99 Å². The molecule has 126 valence electrons. The first kappa shape index (κ1) is 15.1. The van der Waals surface area contributed by atoms with Crippen LogP contribution in [-0.2, 0) is 0 Å². The van der Waals surface area contributed by atoms with Crippen LogP contribution in [0.15, 0.2) is 58.2 Å². The zero-order valence-corrected chi connectivity index (χ0v) is 12.7. The molecule has 1 aromatic heterocycles. The lowest BCUT2D eigenvalue weighted by molar-refractivity contribution is 0.310. The van der Waals surface area contributed by atoms with Gasteiger partial charge in [0.2, 0.25) is 11.6 Å². The number of fused-ring (bicyclic) bond motifs is 1. The molecule has 4 rings (SSSR count). The predicted octanol–water partition coefficient (Wildman–Crippen LogP) is 3.35. The van der Waals surface area contributed by atoms with Gasteiger partial charge in [-0.05, 0) is 34.6 Å². The van der Waals surface area contributed by atoms with Crippen LogP contribution in [0.4, 0.5) is 31.8 Å². The van der Waals surface area contributed by atoms with Gasteiger partial charge in [0.25, 0.3) is 0 Å². The van der Waals surface area contributed by atoms with Crippen LogP contribution in [0.1, 0.15) is 0 Å². The largest absolute Gasteiger partial charge is 0.357 e. The molecular weight excluding hydrogens is 330 g/mol. The average molecular weight is 342 g/mol. The summed E-state index contributed by atoms with van der Waals surface area (Å²) in [5, 5.41) is 16.2. The van der Waals surface area contributed by atoms with Gasteiger partial charge in [-0.3, -0.25) is 0 Å². The molecule has 2 aromatic carbocycles. The third kappa shape index (κ3) is 2.99. The number of halogens is 2. The Balaban J connectivity index is 1.67. The maximum Gasteiger partial charge on any atom is 0.242 e. The Hall–Kier alpha value is -3.49. The Labute approximate surface area is 140 Å². The van der Waals surface area contributed by atoms with E-state index in [4.69, 9.17) is 0 Å². The number of nitrogens with one attached hydrogen (secondary N) is 3. The molecule has 0 radical (unpaired) electrons. The first-order valence-electron chi connectivity index (χ1n) is 7.41. The summed E-state index contributed by atoms with van der Waals surface area (Å²) in [6.07, 6.45) is -0.698. The fourth-order valence-corrected chi connectivity index (χ4v) is 2.37. The first-order chi connectivity index (χ1) is 12.2. The van der Waals surface area contributed by atoms with Crippen LogP contribution in [0.2, 0.25) is 0 Å². The van der Waals surface area contributed by atoms with Gasteiger partial charge in [-0.1, -0.05) is 24.3 Å². The van der Waals surface area contributed by atoms with Gasteiger partial charge < -0.3 is 16.0 Å². The first-order valence-corrected chi connectivity index (χ1v) is 7.41.